The molecule has 250 valence electrons. The fourth-order valence-electron chi connectivity index (χ4n) is 5.99. The molecule has 6 rings (SSSR count). The maximum absolute atomic E-state index is 15.5. The van der Waals surface area contributed by atoms with Crippen molar-refractivity contribution in [2.45, 2.75) is 50.9 Å². The lowest BCUT2D eigenvalue weighted by Gasteiger charge is -2.16. The van der Waals surface area contributed by atoms with Gasteiger partial charge in [-0.15, -0.1) is 0 Å². The number of hydrogen-bond donors (Lipinski definition) is 5. The van der Waals surface area contributed by atoms with Crippen LogP contribution < -0.4 is 31.3 Å². The second-order valence-corrected chi connectivity index (χ2v) is 12.6. The molecule has 4 aromatic rings. The molecule has 2 aromatic heterocycles. The summed E-state index contributed by atoms with van der Waals surface area (Å²) in [7, 11) is 1.62. The van der Waals surface area contributed by atoms with Crippen molar-refractivity contribution < 1.29 is 18.7 Å². The summed E-state index contributed by atoms with van der Waals surface area (Å²) in [5.74, 6) is 0.356. The van der Waals surface area contributed by atoms with E-state index in [1.807, 2.05) is 24.3 Å². The lowest BCUT2D eigenvalue weighted by Crippen LogP contribution is -2.35. The van der Waals surface area contributed by atoms with E-state index in [1.165, 1.54) is 6.20 Å². The van der Waals surface area contributed by atoms with Crippen molar-refractivity contribution in [1.82, 2.24) is 31.2 Å². The van der Waals surface area contributed by atoms with E-state index in [2.05, 4.69) is 36.6 Å². The van der Waals surface area contributed by atoms with Crippen LogP contribution in [0, 0.1) is 5.82 Å². The number of anilines is 2. The van der Waals surface area contributed by atoms with Crippen molar-refractivity contribution in [1.29, 1.82) is 0 Å². The molecule has 0 radical (unpaired) electrons. The predicted molar refractivity (Wildman–Crippen MR) is 185 cm³/mol. The smallest absolute Gasteiger partial charge is 0.220 e. The summed E-state index contributed by atoms with van der Waals surface area (Å²) >= 11 is 13.9. The van der Waals surface area contributed by atoms with Crippen LogP contribution >= 0.6 is 23.2 Å². The Morgan fingerprint density at radius 3 is 2.19 bits per heavy atom. The largest absolute Gasteiger partial charge is 0.496 e. The number of nitrogens with one attached hydrogen (secondary N) is 5. The van der Waals surface area contributed by atoms with Crippen molar-refractivity contribution in [3.63, 3.8) is 0 Å². The molecule has 13 heteroatoms. The van der Waals surface area contributed by atoms with Crippen LogP contribution in [-0.2, 0) is 22.7 Å². The number of amides is 2. The molecule has 4 heterocycles. The van der Waals surface area contributed by atoms with Crippen LogP contribution in [0.2, 0.25) is 10.0 Å². The zero-order chi connectivity index (χ0) is 33.6. The molecule has 2 aromatic carbocycles. The number of ether oxygens (including phenoxy) is 1. The third kappa shape index (κ3) is 7.71. The predicted octanol–water partition coefficient (Wildman–Crippen LogP) is 5.75. The minimum absolute atomic E-state index is 0.0405. The van der Waals surface area contributed by atoms with Gasteiger partial charge in [0.2, 0.25) is 11.8 Å². The number of hydrogen-bond acceptors (Lipinski definition) is 8. The Morgan fingerprint density at radius 2 is 1.52 bits per heavy atom. The standard InChI is InChI=1S/C35H36Cl2FN7O3/c1-48-28-15-20(5-6-21(28)16-39-18-23-7-9-29(46)43-23)34-32(37)26(12-14-41-34)25-3-2-4-27(31(25)36)45-35-33(38)22(11-13-42-35)17-40-19-24-8-10-30(47)44-24/h2-6,11-15,23-24,39-40H,7-10,16-19H2,1H3,(H,42,45)(H,43,46)(H,44,47)/t23-,24+/m0/s1. The zero-order valence-electron chi connectivity index (χ0n) is 26.3. The average Bonchev–Trinajstić information content (AvgIpc) is 3.70. The van der Waals surface area contributed by atoms with Crippen molar-refractivity contribution >= 4 is 46.5 Å². The third-order valence-electron chi connectivity index (χ3n) is 8.54. The topological polar surface area (TPSA) is 129 Å². The average molecular weight is 693 g/mol. The molecule has 0 spiro atoms. The van der Waals surface area contributed by atoms with E-state index in [-0.39, 0.29) is 36.3 Å². The second kappa shape index (κ2) is 15.3. The highest BCUT2D eigenvalue weighted by molar-refractivity contribution is 6.39. The summed E-state index contributed by atoms with van der Waals surface area (Å²) in [6.45, 7) is 2.08. The Bertz CT molecular complexity index is 1830. The molecular weight excluding hydrogens is 656 g/mol. The van der Waals surface area contributed by atoms with Gasteiger partial charge in [0.25, 0.3) is 0 Å². The molecule has 48 heavy (non-hydrogen) atoms. The van der Waals surface area contributed by atoms with Crippen LogP contribution in [0.25, 0.3) is 22.4 Å². The van der Waals surface area contributed by atoms with Crippen LogP contribution in [0.3, 0.4) is 0 Å². The number of nitrogens with zero attached hydrogens (tertiary/aromatic N) is 2. The number of carbonyl (C=O) groups excluding carboxylic acids is 2. The molecule has 2 fully saturated rings. The summed E-state index contributed by atoms with van der Waals surface area (Å²) < 4.78 is 21.2. The molecule has 2 saturated heterocycles. The van der Waals surface area contributed by atoms with E-state index in [0.717, 1.165) is 24.0 Å². The minimum atomic E-state index is -0.496. The summed E-state index contributed by atoms with van der Waals surface area (Å²) in [5.41, 5.74) is 4.48. The third-order valence-corrected chi connectivity index (χ3v) is 9.33. The summed E-state index contributed by atoms with van der Waals surface area (Å²) in [6, 6.07) is 14.8. The first kappa shape index (κ1) is 33.6. The van der Waals surface area contributed by atoms with Crippen LogP contribution in [0.15, 0.2) is 60.9 Å². The van der Waals surface area contributed by atoms with E-state index >= 15 is 4.39 Å². The van der Waals surface area contributed by atoms with Gasteiger partial charge in [-0.3, -0.25) is 14.6 Å². The molecule has 0 unspecified atom stereocenters. The molecular formula is C35H36Cl2FN7O3. The molecule has 2 aliphatic rings. The van der Waals surface area contributed by atoms with Gasteiger partial charge in [-0.25, -0.2) is 9.37 Å². The molecule has 5 N–H and O–H groups in total. The molecule has 0 saturated carbocycles. The number of carbonyl (C=O) groups is 2. The first-order valence-corrected chi connectivity index (χ1v) is 16.6. The minimum Gasteiger partial charge on any atom is -0.496 e. The molecule has 2 aliphatic heterocycles. The highest BCUT2D eigenvalue weighted by atomic mass is 35.5. The van der Waals surface area contributed by atoms with Crippen LogP contribution in [0.1, 0.15) is 36.8 Å². The van der Waals surface area contributed by atoms with Crippen molar-refractivity contribution in [2.75, 3.05) is 25.5 Å². The Kier molecular flexibility index (Phi) is 10.7. The van der Waals surface area contributed by atoms with E-state index in [0.29, 0.717) is 76.3 Å². The van der Waals surface area contributed by atoms with E-state index in [1.54, 1.807) is 37.6 Å². The summed E-state index contributed by atoms with van der Waals surface area (Å²) in [5, 5.41) is 16.3. The zero-order valence-corrected chi connectivity index (χ0v) is 27.8. The van der Waals surface area contributed by atoms with E-state index in [9.17, 15) is 9.59 Å². The quantitative estimate of drug-likeness (QED) is 0.120. The lowest BCUT2D eigenvalue weighted by molar-refractivity contribution is -0.120. The van der Waals surface area contributed by atoms with Gasteiger partial charge >= 0.3 is 0 Å². The van der Waals surface area contributed by atoms with Crippen LogP contribution in [0.4, 0.5) is 15.9 Å². The Balaban J connectivity index is 1.17. The van der Waals surface area contributed by atoms with Crippen molar-refractivity contribution in [2.24, 2.45) is 0 Å². The molecule has 2 amide bonds. The van der Waals surface area contributed by atoms with Gasteiger partial charge in [-0.1, -0.05) is 47.5 Å². The highest BCUT2D eigenvalue weighted by Gasteiger charge is 2.22. The van der Waals surface area contributed by atoms with Gasteiger partial charge in [0.15, 0.2) is 11.6 Å². The first-order valence-electron chi connectivity index (χ1n) is 15.8. The van der Waals surface area contributed by atoms with Gasteiger partial charge in [-0.2, -0.15) is 0 Å². The van der Waals surface area contributed by atoms with E-state index < -0.39 is 5.82 Å². The number of aromatic nitrogens is 2. The van der Waals surface area contributed by atoms with Crippen molar-refractivity contribution in [3.8, 4) is 28.1 Å². The van der Waals surface area contributed by atoms with Gasteiger partial charge in [0, 0.05) is 91.3 Å². The van der Waals surface area contributed by atoms with Gasteiger partial charge in [-0.05, 0) is 37.1 Å². The van der Waals surface area contributed by atoms with Gasteiger partial charge in [0.1, 0.15) is 5.75 Å². The Labute approximate surface area is 288 Å². The first-order chi connectivity index (χ1) is 23.3. The normalized spacial score (nSPS) is 17.3. The van der Waals surface area contributed by atoms with Gasteiger partial charge in [0.05, 0.1) is 28.5 Å². The van der Waals surface area contributed by atoms with E-state index in [4.69, 9.17) is 27.9 Å². The number of halogens is 3. The Hall–Kier alpha value is -4.29. The highest BCUT2D eigenvalue weighted by Crippen LogP contribution is 2.41. The SMILES string of the molecule is COc1cc(-c2nccc(-c3cccc(Nc4nccc(CNC[C@H]5CCC(=O)N5)c4F)c3Cl)c2Cl)ccc1CNC[C@@H]1CCC(=O)N1. The summed E-state index contributed by atoms with van der Waals surface area (Å²) in [6.07, 6.45) is 5.87. The number of methoxy groups -OCH3 is 1. The number of rotatable bonds is 13. The maximum Gasteiger partial charge on any atom is 0.220 e. The number of benzene rings is 2. The monoisotopic (exact) mass is 691 g/mol. The molecule has 0 aliphatic carbocycles. The Morgan fingerprint density at radius 1 is 0.854 bits per heavy atom. The molecule has 10 nitrogen and oxygen atoms in total. The van der Waals surface area contributed by atoms with Crippen LogP contribution in [0.5, 0.6) is 5.75 Å². The summed E-state index contributed by atoms with van der Waals surface area (Å²) in [4.78, 5) is 31.7. The second-order valence-electron chi connectivity index (χ2n) is 11.8. The molecule has 0 bridgehead atoms. The fourth-order valence-corrected chi connectivity index (χ4v) is 6.58. The van der Waals surface area contributed by atoms with Gasteiger partial charge < -0.3 is 31.3 Å². The maximum atomic E-state index is 15.5. The molecule has 2 atom stereocenters. The van der Waals surface area contributed by atoms with Crippen molar-refractivity contribution in [3.05, 3.63) is 87.9 Å². The number of pyridine rings is 2. The fraction of sp³-hybridized carbons (Fsp3) is 0.314. The van der Waals surface area contributed by atoms with Crippen LogP contribution in [-0.4, -0.2) is 54.1 Å². The lowest BCUT2D eigenvalue weighted by atomic mass is 10.0.